The molecule has 2 atom stereocenters. The lowest BCUT2D eigenvalue weighted by Crippen LogP contribution is -2.26. The normalized spacial score (nSPS) is 29.9. The van der Waals surface area contributed by atoms with Crippen LogP contribution in [0.4, 0.5) is 0 Å². The van der Waals surface area contributed by atoms with Crippen LogP contribution in [-0.4, -0.2) is 11.2 Å². The van der Waals surface area contributed by atoms with Crippen molar-refractivity contribution in [3.05, 3.63) is 47.5 Å². The minimum Gasteiger partial charge on any atom is -0.389 e. The Balaban J connectivity index is 2.15. The van der Waals surface area contributed by atoms with E-state index in [0.717, 1.165) is 24.8 Å². The van der Waals surface area contributed by atoms with E-state index in [9.17, 15) is 5.11 Å². The Bertz CT molecular complexity index is 380. The summed E-state index contributed by atoms with van der Waals surface area (Å²) in [6.45, 7) is 4.32. The van der Waals surface area contributed by atoms with Gasteiger partial charge in [-0.3, -0.25) is 0 Å². The molecule has 0 heterocycles. The molecule has 0 radical (unpaired) electrons. The topological polar surface area (TPSA) is 20.2 Å². The molecule has 0 fully saturated rings. The van der Waals surface area contributed by atoms with Crippen LogP contribution < -0.4 is 0 Å². The third-order valence-electron chi connectivity index (χ3n) is 3.54. The lowest BCUT2D eigenvalue weighted by atomic mass is 9.73. The molecule has 0 amide bonds. The zero-order chi connectivity index (χ0) is 11.6. The number of hydrogen-bond donors (Lipinski definition) is 1. The molecule has 0 saturated carbocycles. The fraction of sp³-hybridized carbons (Fsp3) is 0.467. The van der Waals surface area contributed by atoms with E-state index in [2.05, 4.69) is 43.3 Å². The van der Waals surface area contributed by atoms with Crippen molar-refractivity contribution in [2.45, 2.75) is 39.2 Å². The fourth-order valence-electron chi connectivity index (χ4n) is 2.61. The zero-order valence-corrected chi connectivity index (χ0v) is 10.1. The molecule has 1 aliphatic rings. The lowest BCUT2D eigenvalue weighted by molar-refractivity contribution is 0.162. The molecule has 1 N–H and O–H groups in total. The maximum absolute atomic E-state index is 9.71. The van der Waals surface area contributed by atoms with E-state index in [-0.39, 0.29) is 11.5 Å². The molecule has 2 rings (SSSR count). The summed E-state index contributed by atoms with van der Waals surface area (Å²) in [5.74, 6) is 0. The number of aliphatic hydroxyl groups excluding tert-OH is 1. The van der Waals surface area contributed by atoms with E-state index in [1.54, 1.807) is 0 Å². The van der Waals surface area contributed by atoms with Crippen LogP contribution in [-0.2, 0) is 6.42 Å². The quantitative estimate of drug-likeness (QED) is 0.752. The molecule has 0 spiro atoms. The van der Waals surface area contributed by atoms with E-state index >= 15 is 0 Å². The summed E-state index contributed by atoms with van der Waals surface area (Å²) >= 11 is 0. The van der Waals surface area contributed by atoms with Crippen molar-refractivity contribution in [2.24, 2.45) is 5.41 Å². The maximum Gasteiger partial charge on any atom is 0.0747 e. The first-order valence-corrected chi connectivity index (χ1v) is 6.00. The molecule has 1 unspecified atom stereocenters. The molecule has 0 aromatic heterocycles. The van der Waals surface area contributed by atoms with Crippen molar-refractivity contribution in [3.63, 3.8) is 0 Å². The van der Waals surface area contributed by atoms with Gasteiger partial charge in [0.05, 0.1) is 6.10 Å². The predicted molar refractivity (Wildman–Crippen MR) is 67.3 cm³/mol. The van der Waals surface area contributed by atoms with Gasteiger partial charge in [-0.2, -0.15) is 0 Å². The predicted octanol–water partition coefficient (Wildman–Crippen LogP) is 3.34. The minimum atomic E-state index is -0.219. The molecule has 1 nitrogen and oxygen atoms in total. The number of benzene rings is 1. The number of hydrogen-bond acceptors (Lipinski definition) is 1. The Morgan fingerprint density at radius 2 is 2.00 bits per heavy atom. The first-order valence-electron chi connectivity index (χ1n) is 6.00. The van der Waals surface area contributed by atoms with Gasteiger partial charge in [0, 0.05) is 0 Å². The Morgan fingerprint density at radius 3 is 2.62 bits per heavy atom. The summed E-state index contributed by atoms with van der Waals surface area (Å²) < 4.78 is 0. The molecule has 1 aromatic rings. The highest BCUT2D eigenvalue weighted by atomic mass is 16.3. The van der Waals surface area contributed by atoms with Crippen LogP contribution in [0.5, 0.6) is 0 Å². The van der Waals surface area contributed by atoms with Crippen LogP contribution in [0, 0.1) is 5.41 Å². The van der Waals surface area contributed by atoms with E-state index < -0.39 is 0 Å². The summed E-state index contributed by atoms with van der Waals surface area (Å²) in [6.07, 6.45) is 5.07. The molecule has 1 aromatic carbocycles. The van der Waals surface area contributed by atoms with Crippen molar-refractivity contribution >= 4 is 0 Å². The van der Waals surface area contributed by atoms with Gasteiger partial charge in [0.2, 0.25) is 0 Å². The third kappa shape index (κ3) is 2.53. The Hall–Kier alpha value is -1.08. The average Bonchev–Trinajstić information content (AvgIpc) is 2.25. The first kappa shape index (κ1) is 11.4. The molecule has 0 bridgehead atoms. The SMILES string of the molecule is CC1=CC(C)(Cc2ccccc2)CC[C@H]1O. The van der Waals surface area contributed by atoms with Crippen molar-refractivity contribution in [2.75, 3.05) is 0 Å². The molecule has 0 aliphatic heterocycles. The third-order valence-corrected chi connectivity index (χ3v) is 3.54. The van der Waals surface area contributed by atoms with Crippen LogP contribution in [0.1, 0.15) is 32.3 Å². The Morgan fingerprint density at radius 1 is 1.31 bits per heavy atom. The summed E-state index contributed by atoms with van der Waals surface area (Å²) in [5.41, 5.74) is 2.72. The van der Waals surface area contributed by atoms with Crippen molar-refractivity contribution in [1.82, 2.24) is 0 Å². The van der Waals surface area contributed by atoms with Gasteiger partial charge in [-0.1, -0.05) is 43.3 Å². The fourth-order valence-corrected chi connectivity index (χ4v) is 2.61. The van der Waals surface area contributed by atoms with Crippen LogP contribution in [0.25, 0.3) is 0 Å². The van der Waals surface area contributed by atoms with E-state index in [1.807, 2.05) is 6.92 Å². The second-order valence-electron chi connectivity index (χ2n) is 5.26. The van der Waals surface area contributed by atoms with Crippen LogP contribution in [0.3, 0.4) is 0 Å². The molecule has 16 heavy (non-hydrogen) atoms. The minimum absolute atomic E-state index is 0.213. The summed E-state index contributed by atoms with van der Waals surface area (Å²) in [7, 11) is 0. The zero-order valence-electron chi connectivity index (χ0n) is 10.1. The van der Waals surface area contributed by atoms with Gasteiger partial charge in [0.15, 0.2) is 0 Å². The molecule has 1 heteroatoms. The van der Waals surface area contributed by atoms with Crippen molar-refractivity contribution in [3.8, 4) is 0 Å². The molecule has 0 saturated heterocycles. The number of allylic oxidation sites excluding steroid dienone is 1. The summed E-state index contributed by atoms with van der Waals surface area (Å²) in [5, 5.41) is 9.71. The molecule has 1 aliphatic carbocycles. The van der Waals surface area contributed by atoms with E-state index in [1.165, 1.54) is 5.56 Å². The van der Waals surface area contributed by atoms with Gasteiger partial charge in [-0.05, 0) is 42.7 Å². The second-order valence-corrected chi connectivity index (χ2v) is 5.26. The van der Waals surface area contributed by atoms with Crippen molar-refractivity contribution in [1.29, 1.82) is 0 Å². The van der Waals surface area contributed by atoms with Gasteiger partial charge in [-0.15, -0.1) is 0 Å². The highest BCUT2D eigenvalue weighted by Crippen LogP contribution is 2.36. The van der Waals surface area contributed by atoms with Crippen LogP contribution in [0.15, 0.2) is 42.0 Å². The van der Waals surface area contributed by atoms with Gasteiger partial charge < -0.3 is 5.11 Å². The molecular weight excluding hydrogens is 196 g/mol. The van der Waals surface area contributed by atoms with Crippen LogP contribution >= 0.6 is 0 Å². The molecule has 86 valence electrons. The maximum atomic E-state index is 9.71. The average molecular weight is 216 g/mol. The largest absolute Gasteiger partial charge is 0.389 e. The number of aliphatic hydroxyl groups is 1. The van der Waals surface area contributed by atoms with Gasteiger partial charge in [0.1, 0.15) is 0 Å². The first-order chi connectivity index (χ1) is 7.59. The van der Waals surface area contributed by atoms with E-state index in [0.29, 0.717) is 0 Å². The smallest absolute Gasteiger partial charge is 0.0747 e. The molecular formula is C15H20O. The standard InChI is InChI=1S/C15H20O/c1-12-10-15(2,9-8-14(12)16)11-13-6-4-3-5-7-13/h3-7,10,14,16H,8-9,11H2,1-2H3/t14-,15?/m1/s1. The highest BCUT2D eigenvalue weighted by Gasteiger charge is 2.28. The van der Waals surface area contributed by atoms with Gasteiger partial charge >= 0.3 is 0 Å². The van der Waals surface area contributed by atoms with Gasteiger partial charge in [-0.25, -0.2) is 0 Å². The second kappa shape index (κ2) is 4.42. The highest BCUT2D eigenvalue weighted by molar-refractivity contribution is 5.22. The summed E-state index contributed by atoms with van der Waals surface area (Å²) in [4.78, 5) is 0. The van der Waals surface area contributed by atoms with Crippen LogP contribution in [0.2, 0.25) is 0 Å². The Kier molecular flexibility index (Phi) is 3.15. The lowest BCUT2D eigenvalue weighted by Gasteiger charge is -2.33. The number of rotatable bonds is 2. The van der Waals surface area contributed by atoms with E-state index in [4.69, 9.17) is 0 Å². The Labute approximate surface area is 97.8 Å². The van der Waals surface area contributed by atoms with Gasteiger partial charge in [0.25, 0.3) is 0 Å². The summed E-state index contributed by atoms with van der Waals surface area (Å²) in [6, 6.07) is 10.6. The monoisotopic (exact) mass is 216 g/mol. The van der Waals surface area contributed by atoms with Crippen molar-refractivity contribution < 1.29 is 5.11 Å².